The molecule has 1 atom stereocenters. The number of benzene rings is 4. The van der Waals surface area contributed by atoms with Crippen molar-refractivity contribution in [3.05, 3.63) is 130 Å². The number of hydrazone groups is 1. The van der Waals surface area contributed by atoms with Crippen LogP contribution in [0.25, 0.3) is 0 Å². The molecule has 0 aliphatic carbocycles. The third-order valence-electron chi connectivity index (χ3n) is 6.10. The average molecular weight is 511 g/mol. The fourth-order valence-electron chi connectivity index (χ4n) is 4.21. The molecule has 1 aliphatic rings. The Hall–Kier alpha value is -4.42. The minimum Gasteiger partial charge on any atom is -0.497 e. The van der Waals surface area contributed by atoms with Crippen molar-refractivity contribution in [1.29, 1.82) is 0 Å². The van der Waals surface area contributed by atoms with Gasteiger partial charge in [0, 0.05) is 22.6 Å². The molecule has 0 saturated heterocycles. The van der Waals surface area contributed by atoms with Gasteiger partial charge < -0.3 is 9.47 Å². The van der Waals surface area contributed by atoms with Gasteiger partial charge in [0.1, 0.15) is 11.5 Å². The molecular formula is C30H23ClN2O4. The Morgan fingerprint density at radius 3 is 2.16 bits per heavy atom. The molecule has 0 spiro atoms. The lowest BCUT2D eigenvalue weighted by molar-refractivity contribution is 0.0708. The van der Waals surface area contributed by atoms with Crippen molar-refractivity contribution >= 4 is 29.2 Å². The second kappa shape index (κ2) is 10.7. The number of hydrogen-bond donors (Lipinski definition) is 0. The summed E-state index contributed by atoms with van der Waals surface area (Å²) >= 11 is 6.34. The largest absolute Gasteiger partial charge is 0.497 e. The third-order valence-corrected chi connectivity index (χ3v) is 6.34. The second-order valence-corrected chi connectivity index (χ2v) is 8.89. The van der Waals surface area contributed by atoms with E-state index in [0.717, 1.165) is 5.56 Å². The van der Waals surface area contributed by atoms with Crippen LogP contribution in [0.15, 0.2) is 108 Å². The predicted octanol–water partition coefficient (Wildman–Crippen LogP) is 6.56. The molecule has 6 nitrogen and oxygen atoms in total. The standard InChI is InChI=1S/C30H23ClN2O4/c1-36-24-15-12-20(13-16-24)27-19-26(32-33(27)29(34)21-8-4-2-5-9-21)25-18-23(31)14-17-28(25)37-30(35)22-10-6-3-7-11-22/h2-18,27H,19H2,1H3. The Morgan fingerprint density at radius 1 is 0.865 bits per heavy atom. The molecule has 0 saturated carbocycles. The van der Waals surface area contributed by atoms with Crippen molar-refractivity contribution in [3.63, 3.8) is 0 Å². The number of carbonyl (C=O) groups excluding carboxylic acids is 2. The van der Waals surface area contributed by atoms with Crippen molar-refractivity contribution in [2.45, 2.75) is 12.5 Å². The van der Waals surface area contributed by atoms with Gasteiger partial charge in [0.05, 0.1) is 24.4 Å². The van der Waals surface area contributed by atoms with Crippen LogP contribution in [-0.2, 0) is 0 Å². The van der Waals surface area contributed by atoms with Crippen LogP contribution in [0, 0.1) is 0 Å². The maximum Gasteiger partial charge on any atom is 0.343 e. The van der Waals surface area contributed by atoms with Crippen LogP contribution in [0.2, 0.25) is 5.02 Å². The molecule has 1 heterocycles. The number of rotatable bonds is 6. The lowest BCUT2D eigenvalue weighted by atomic mass is 9.97. The number of nitrogens with zero attached hydrogens (tertiary/aromatic N) is 2. The van der Waals surface area contributed by atoms with Crippen LogP contribution >= 0.6 is 11.6 Å². The molecule has 1 amide bonds. The first-order valence-corrected chi connectivity index (χ1v) is 12.1. The van der Waals surface area contributed by atoms with E-state index in [1.165, 1.54) is 5.01 Å². The van der Waals surface area contributed by atoms with E-state index in [4.69, 9.17) is 26.2 Å². The van der Waals surface area contributed by atoms with Gasteiger partial charge in [0.15, 0.2) is 0 Å². The van der Waals surface area contributed by atoms with Crippen LogP contribution < -0.4 is 9.47 Å². The Kier molecular flexibility index (Phi) is 7.01. The van der Waals surface area contributed by atoms with Gasteiger partial charge in [-0.05, 0) is 60.2 Å². The lowest BCUT2D eigenvalue weighted by Gasteiger charge is -2.22. The zero-order chi connectivity index (χ0) is 25.8. The summed E-state index contributed by atoms with van der Waals surface area (Å²) in [7, 11) is 1.61. The van der Waals surface area contributed by atoms with Gasteiger partial charge >= 0.3 is 5.97 Å². The monoisotopic (exact) mass is 510 g/mol. The van der Waals surface area contributed by atoms with E-state index in [9.17, 15) is 9.59 Å². The number of hydrogen-bond acceptors (Lipinski definition) is 5. The van der Waals surface area contributed by atoms with E-state index >= 15 is 0 Å². The number of halogens is 1. The third kappa shape index (κ3) is 5.25. The van der Waals surface area contributed by atoms with Gasteiger partial charge in [-0.2, -0.15) is 5.10 Å². The van der Waals surface area contributed by atoms with Crippen molar-refractivity contribution < 1.29 is 19.1 Å². The summed E-state index contributed by atoms with van der Waals surface area (Å²) in [6.45, 7) is 0. The molecule has 0 fully saturated rings. The van der Waals surface area contributed by atoms with Crippen LogP contribution in [0.4, 0.5) is 0 Å². The molecule has 1 aliphatic heterocycles. The van der Waals surface area contributed by atoms with Crippen LogP contribution in [-0.4, -0.2) is 29.7 Å². The summed E-state index contributed by atoms with van der Waals surface area (Å²) in [5.41, 5.74) is 2.98. The molecule has 37 heavy (non-hydrogen) atoms. The van der Waals surface area contributed by atoms with Gasteiger partial charge in [-0.15, -0.1) is 0 Å². The molecule has 0 aromatic heterocycles. The highest BCUT2D eigenvalue weighted by Crippen LogP contribution is 2.37. The molecule has 0 radical (unpaired) electrons. The lowest BCUT2D eigenvalue weighted by Crippen LogP contribution is -2.27. The number of carbonyl (C=O) groups is 2. The van der Waals surface area contributed by atoms with E-state index in [0.29, 0.717) is 45.3 Å². The number of methoxy groups -OCH3 is 1. The first-order valence-electron chi connectivity index (χ1n) is 11.7. The number of ether oxygens (including phenoxy) is 2. The quantitative estimate of drug-likeness (QED) is 0.217. The molecule has 184 valence electrons. The fraction of sp³-hybridized carbons (Fsp3) is 0.100. The van der Waals surface area contributed by atoms with Crippen molar-refractivity contribution in [1.82, 2.24) is 5.01 Å². The zero-order valence-electron chi connectivity index (χ0n) is 20.0. The normalized spacial score (nSPS) is 14.7. The first-order chi connectivity index (χ1) is 18.0. The molecule has 4 aromatic carbocycles. The number of esters is 1. The highest BCUT2D eigenvalue weighted by atomic mass is 35.5. The maximum atomic E-state index is 13.5. The van der Waals surface area contributed by atoms with Gasteiger partial charge in [0.2, 0.25) is 0 Å². The predicted molar refractivity (Wildman–Crippen MR) is 142 cm³/mol. The topological polar surface area (TPSA) is 68.2 Å². The van der Waals surface area contributed by atoms with E-state index in [1.807, 2.05) is 48.5 Å². The second-order valence-electron chi connectivity index (χ2n) is 8.45. The Labute approximate surface area is 219 Å². The van der Waals surface area contributed by atoms with Gasteiger partial charge in [-0.1, -0.05) is 60.1 Å². The summed E-state index contributed by atoms with van der Waals surface area (Å²) in [5, 5.41) is 6.68. The highest BCUT2D eigenvalue weighted by molar-refractivity contribution is 6.31. The van der Waals surface area contributed by atoms with Gasteiger partial charge in [-0.25, -0.2) is 9.80 Å². The summed E-state index contributed by atoms with van der Waals surface area (Å²) in [4.78, 5) is 26.3. The molecule has 4 aromatic rings. The van der Waals surface area contributed by atoms with E-state index < -0.39 is 5.97 Å². The Balaban J connectivity index is 1.53. The smallest absolute Gasteiger partial charge is 0.343 e. The Morgan fingerprint density at radius 2 is 1.51 bits per heavy atom. The minimum absolute atomic E-state index is 0.235. The van der Waals surface area contributed by atoms with Crippen molar-refractivity contribution in [2.24, 2.45) is 5.10 Å². The van der Waals surface area contributed by atoms with E-state index in [1.54, 1.807) is 61.7 Å². The van der Waals surface area contributed by atoms with Crippen molar-refractivity contribution in [3.8, 4) is 11.5 Å². The minimum atomic E-state index is -0.494. The van der Waals surface area contributed by atoms with Crippen LogP contribution in [0.1, 0.15) is 44.3 Å². The summed E-state index contributed by atoms with van der Waals surface area (Å²) in [5.74, 6) is 0.307. The molecule has 0 bridgehead atoms. The van der Waals surface area contributed by atoms with E-state index in [2.05, 4.69) is 0 Å². The summed E-state index contributed by atoms with van der Waals surface area (Å²) < 4.78 is 11.0. The Bertz CT molecular complexity index is 1450. The maximum absolute atomic E-state index is 13.5. The first kappa shape index (κ1) is 24.3. The van der Waals surface area contributed by atoms with Gasteiger partial charge in [0.25, 0.3) is 5.91 Å². The highest BCUT2D eigenvalue weighted by Gasteiger charge is 2.35. The van der Waals surface area contributed by atoms with Crippen LogP contribution in [0.3, 0.4) is 0 Å². The van der Waals surface area contributed by atoms with Crippen molar-refractivity contribution in [2.75, 3.05) is 7.11 Å². The fourth-order valence-corrected chi connectivity index (χ4v) is 4.38. The average Bonchev–Trinajstić information content (AvgIpc) is 3.40. The zero-order valence-corrected chi connectivity index (χ0v) is 20.8. The molecule has 5 rings (SSSR count). The summed E-state index contributed by atoms with van der Waals surface area (Å²) in [6.07, 6.45) is 0.404. The van der Waals surface area contributed by atoms with Gasteiger partial charge in [-0.3, -0.25) is 4.79 Å². The molecule has 1 unspecified atom stereocenters. The summed E-state index contributed by atoms with van der Waals surface area (Å²) in [6, 6.07) is 29.9. The molecule has 0 N–H and O–H groups in total. The number of amides is 1. The SMILES string of the molecule is COc1ccc(C2CC(c3cc(Cl)ccc3OC(=O)c3ccccc3)=NN2C(=O)c2ccccc2)cc1. The van der Waals surface area contributed by atoms with E-state index in [-0.39, 0.29) is 11.9 Å². The molecular weight excluding hydrogens is 488 g/mol. The molecule has 7 heteroatoms. The van der Waals surface area contributed by atoms with Crippen LogP contribution in [0.5, 0.6) is 11.5 Å².